The van der Waals surface area contributed by atoms with Crippen molar-refractivity contribution in [2.75, 3.05) is 17.1 Å². The van der Waals surface area contributed by atoms with Gasteiger partial charge in [-0.25, -0.2) is 13.8 Å². The Balaban J connectivity index is 1.52. The summed E-state index contributed by atoms with van der Waals surface area (Å²) in [7, 11) is -3.64. The molecule has 1 N–H and O–H groups in total. The summed E-state index contributed by atoms with van der Waals surface area (Å²) in [6.07, 6.45) is 4.80. The van der Waals surface area contributed by atoms with Crippen LogP contribution in [0, 0.1) is 13.8 Å². The van der Waals surface area contributed by atoms with Gasteiger partial charge in [0.1, 0.15) is 6.54 Å². The average Bonchev–Trinajstić information content (AvgIpc) is 3.12. The van der Waals surface area contributed by atoms with Crippen LogP contribution in [-0.4, -0.2) is 33.3 Å². The Morgan fingerprint density at radius 3 is 2.55 bits per heavy atom. The number of sulfonamides is 1. The van der Waals surface area contributed by atoms with E-state index in [4.69, 9.17) is 0 Å². The van der Waals surface area contributed by atoms with Crippen molar-refractivity contribution >= 4 is 38.6 Å². The van der Waals surface area contributed by atoms with Crippen LogP contribution in [0.4, 0.5) is 5.69 Å². The lowest BCUT2D eigenvalue weighted by Crippen LogP contribution is -2.39. The van der Waals surface area contributed by atoms with Crippen molar-refractivity contribution in [3.05, 3.63) is 76.3 Å². The van der Waals surface area contributed by atoms with Gasteiger partial charge < -0.3 is 0 Å². The van der Waals surface area contributed by atoms with Gasteiger partial charge >= 0.3 is 0 Å². The van der Waals surface area contributed by atoms with E-state index in [1.165, 1.54) is 16.5 Å². The van der Waals surface area contributed by atoms with Crippen molar-refractivity contribution in [3.8, 4) is 0 Å². The second-order valence-corrected chi connectivity index (χ2v) is 9.91. The molecule has 3 aromatic carbocycles. The summed E-state index contributed by atoms with van der Waals surface area (Å²) < 4.78 is 25.7. The van der Waals surface area contributed by atoms with E-state index in [9.17, 15) is 13.2 Å². The van der Waals surface area contributed by atoms with Gasteiger partial charge in [-0.1, -0.05) is 48.0 Å². The summed E-state index contributed by atoms with van der Waals surface area (Å²) >= 11 is 0. The molecule has 3 aromatic rings. The maximum absolute atomic E-state index is 12.5. The standard InChI is InChI=1S/C24H25N3O3S/c1-16-7-12-22(17(2)13-16)27(31(3,29)30)15-23(28)26-25-14-20-11-10-19-9-8-18-5-4-6-21(20)24(18)19/h4-7,10-14H,8-9,15H2,1-3H3,(H,26,28)/b25-14-. The normalized spacial score (nSPS) is 13.1. The number of carbonyl (C=O) groups excluding carboxylic acids is 1. The molecule has 4 rings (SSSR count). The predicted molar refractivity (Wildman–Crippen MR) is 125 cm³/mol. The Morgan fingerprint density at radius 2 is 1.84 bits per heavy atom. The zero-order chi connectivity index (χ0) is 22.2. The first-order valence-corrected chi connectivity index (χ1v) is 12.0. The molecule has 6 nitrogen and oxygen atoms in total. The lowest BCUT2D eigenvalue weighted by atomic mass is 10.0. The van der Waals surface area contributed by atoms with Crippen molar-refractivity contribution in [2.45, 2.75) is 26.7 Å². The van der Waals surface area contributed by atoms with Crippen LogP contribution in [0.15, 0.2) is 53.6 Å². The maximum Gasteiger partial charge on any atom is 0.260 e. The van der Waals surface area contributed by atoms with Gasteiger partial charge in [0.05, 0.1) is 18.2 Å². The van der Waals surface area contributed by atoms with Gasteiger partial charge in [-0.15, -0.1) is 0 Å². The van der Waals surface area contributed by atoms with Crippen molar-refractivity contribution in [3.63, 3.8) is 0 Å². The molecule has 0 bridgehead atoms. The topological polar surface area (TPSA) is 78.8 Å². The van der Waals surface area contributed by atoms with Gasteiger partial charge in [0, 0.05) is 5.56 Å². The Morgan fingerprint density at radius 1 is 1.10 bits per heavy atom. The monoisotopic (exact) mass is 435 g/mol. The van der Waals surface area contributed by atoms with E-state index in [2.05, 4.69) is 28.7 Å². The van der Waals surface area contributed by atoms with Gasteiger partial charge in [-0.2, -0.15) is 5.10 Å². The van der Waals surface area contributed by atoms with Crippen LogP contribution in [0.3, 0.4) is 0 Å². The molecule has 0 radical (unpaired) electrons. The first-order chi connectivity index (χ1) is 14.7. The Labute approximate surface area is 182 Å². The Bertz CT molecular complexity index is 1300. The molecular formula is C24H25N3O3S. The van der Waals surface area contributed by atoms with Crippen LogP contribution in [0.1, 0.15) is 27.8 Å². The molecule has 0 saturated carbocycles. The number of amides is 1. The molecule has 160 valence electrons. The van der Waals surface area contributed by atoms with Gasteiger partial charge in [-0.3, -0.25) is 9.10 Å². The zero-order valence-electron chi connectivity index (χ0n) is 17.8. The third-order valence-electron chi connectivity index (χ3n) is 5.61. The molecule has 0 aromatic heterocycles. The molecule has 1 aliphatic rings. The summed E-state index contributed by atoms with van der Waals surface area (Å²) in [5.41, 5.74) is 8.35. The number of benzene rings is 3. The second kappa shape index (κ2) is 8.15. The second-order valence-electron chi connectivity index (χ2n) is 8.01. The van der Waals surface area contributed by atoms with Crippen LogP contribution in [0.2, 0.25) is 0 Å². The third kappa shape index (κ3) is 4.32. The number of anilines is 1. The molecule has 1 amide bonds. The number of hydrogen-bond acceptors (Lipinski definition) is 4. The highest BCUT2D eigenvalue weighted by Crippen LogP contribution is 2.32. The van der Waals surface area contributed by atoms with E-state index in [1.54, 1.807) is 12.3 Å². The first kappa shape index (κ1) is 21.1. The fourth-order valence-electron chi connectivity index (χ4n) is 4.19. The lowest BCUT2D eigenvalue weighted by Gasteiger charge is -2.23. The molecule has 0 atom stereocenters. The SMILES string of the molecule is Cc1ccc(N(CC(=O)N/N=C\c2ccc3c4c(cccc24)CC3)S(C)(=O)=O)c(C)c1. The number of nitrogens with one attached hydrogen (secondary N) is 1. The highest BCUT2D eigenvalue weighted by atomic mass is 32.2. The lowest BCUT2D eigenvalue weighted by molar-refractivity contribution is -0.119. The summed E-state index contributed by atoms with van der Waals surface area (Å²) in [5, 5.41) is 6.47. The van der Waals surface area contributed by atoms with Crippen LogP contribution in [0.25, 0.3) is 10.8 Å². The number of nitrogens with zero attached hydrogens (tertiary/aromatic N) is 2. The van der Waals surface area contributed by atoms with Crippen LogP contribution >= 0.6 is 0 Å². The Kier molecular flexibility index (Phi) is 5.54. The van der Waals surface area contributed by atoms with E-state index in [1.807, 2.05) is 38.1 Å². The van der Waals surface area contributed by atoms with Crippen molar-refractivity contribution in [2.24, 2.45) is 5.10 Å². The fourth-order valence-corrected chi connectivity index (χ4v) is 5.10. The quantitative estimate of drug-likeness (QED) is 0.476. The molecule has 0 heterocycles. The fraction of sp³-hybridized carbons (Fsp3) is 0.250. The van der Waals surface area contributed by atoms with Gasteiger partial charge in [0.25, 0.3) is 5.91 Å². The number of hydrazone groups is 1. The highest BCUT2D eigenvalue weighted by Gasteiger charge is 2.22. The number of rotatable bonds is 6. The summed E-state index contributed by atoms with van der Waals surface area (Å²) in [6, 6.07) is 15.8. The van der Waals surface area contributed by atoms with E-state index in [0.29, 0.717) is 5.69 Å². The molecule has 0 aliphatic heterocycles. The van der Waals surface area contributed by atoms with Crippen LogP contribution < -0.4 is 9.73 Å². The van der Waals surface area contributed by atoms with Gasteiger partial charge in [0.2, 0.25) is 10.0 Å². The summed E-state index contributed by atoms with van der Waals surface area (Å²) in [6.45, 7) is 3.42. The van der Waals surface area contributed by atoms with Crippen LogP contribution in [-0.2, 0) is 27.7 Å². The molecule has 7 heteroatoms. The third-order valence-corrected chi connectivity index (χ3v) is 6.74. The van der Waals surface area contributed by atoms with Crippen molar-refractivity contribution in [1.82, 2.24) is 5.43 Å². The van der Waals surface area contributed by atoms with E-state index < -0.39 is 15.9 Å². The van der Waals surface area contributed by atoms with Crippen LogP contribution in [0.5, 0.6) is 0 Å². The molecule has 0 fully saturated rings. The van der Waals surface area contributed by atoms with E-state index >= 15 is 0 Å². The van der Waals surface area contributed by atoms with Crippen molar-refractivity contribution in [1.29, 1.82) is 0 Å². The van der Waals surface area contributed by atoms with E-state index in [-0.39, 0.29) is 6.54 Å². The largest absolute Gasteiger partial charge is 0.271 e. The number of aryl methyl sites for hydroxylation is 4. The Hall–Kier alpha value is -3.19. The zero-order valence-corrected chi connectivity index (χ0v) is 18.7. The minimum atomic E-state index is -3.64. The number of hydrogen-bond donors (Lipinski definition) is 1. The van der Waals surface area contributed by atoms with E-state index in [0.717, 1.165) is 45.5 Å². The van der Waals surface area contributed by atoms with Gasteiger partial charge in [-0.05, 0) is 60.2 Å². The molecule has 0 spiro atoms. The first-order valence-electron chi connectivity index (χ1n) is 10.1. The van der Waals surface area contributed by atoms with Crippen molar-refractivity contribution < 1.29 is 13.2 Å². The molecule has 0 unspecified atom stereocenters. The molecule has 1 aliphatic carbocycles. The molecule has 0 saturated heterocycles. The minimum Gasteiger partial charge on any atom is -0.271 e. The summed E-state index contributed by atoms with van der Waals surface area (Å²) in [5.74, 6) is -0.507. The molecule has 31 heavy (non-hydrogen) atoms. The highest BCUT2D eigenvalue weighted by molar-refractivity contribution is 7.92. The minimum absolute atomic E-state index is 0.343. The van der Waals surface area contributed by atoms with Gasteiger partial charge in [0.15, 0.2) is 0 Å². The predicted octanol–water partition coefficient (Wildman–Crippen LogP) is 3.47. The maximum atomic E-state index is 12.5. The number of carbonyl (C=O) groups is 1. The average molecular weight is 436 g/mol. The molecular weight excluding hydrogens is 410 g/mol. The smallest absolute Gasteiger partial charge is 0.260 e. The summed E-state index contributed by atoms with van der Waals surface area (Å²) in [4.78, 5) is 12.5.